The third kappa shape index (κ3) is 4.41. The van der Waals surface area contributed by atoms with Crippen LogP contribution in [0.5, 0.6) is 11.5 Å². The molecule has 0 saturated carbocycles. The number of esters is 1. The monoisotopic (exact) mass is 388 g/mol. The number of methoxy groups -OCH3 is 2. The number of carbonyl (C=O) groups excluding carboxylic acids is 1. The summed E-state index contributed by atoms with van der Waals surface area (Å²) in [4.78, 5) is 24.0. The highest BCUT2D eigenvalue weighted by Crippen LogP contribution is 2.25. The van der Waals surface area contributed by atoms with Crippen molar-refractivity contribution in [2.24, 2.45) is 0 Å². The van der Waals surface area contributed by atoms with Gasteiger partial charge in [0.2, 0.25) is 0 Å². The lowest BCUT2D eigenvalue weighted by Crippen LogP contribution is -2.10. The van der Waals surface area contributed by atoms with Crippen LogP contribution in [0.2, 0.25) is 5.02 Å². The minimum atomic E-state index is -0.529. The second kappa shape index (κ2) is 8.14. The summed E-state index contributed by atoms with van der Waals surface area (Å²) in [5.41, 5.74) is 1.01. The van der Waals surface area contributed by atoms with E-state index in [1.807, 2.05) is 0 Å². The summed E-state index contributed by atoms with van der Waals surface area (Å²) in [7, 11) is 3.04. The van der Waals surface area contributed by atoms with E-state index in [4.69, 9.17) is 30.2 Å². The van der Waals surface area contributed by atoms with Gasteiger partial charge in [-0.15, -0.1) is 0 Å². The molecular weight excluding hydrogens is 372 g/mol. The molecule has 0 bridgehead atoms. The van der Waals surface area contributed by atoms with Gasteiger partial charge in [-0.3, -0.25) is 4.79 Å². The summed E-state index contributed by atoms with van der Waals surface area (Å²) in [6, 6.07) is 11.4. The van der Waals surface area contributed by atoms with Crippen LogP contribution in [0.25, 0.3) is 11.0 Å². The second-order valence-electron chi connectivity index (χ2n) is 5.75. The molecule has 3 rings (SSSR count). The lowest BCUT2D eigenvalue weighted by Gasteiger charge is -2.10. The van der Waals surface area contributed by atoms with Crippen LogP contribution in [0.15, 0.2) is 51.7 Å². The van der Waals surface area contributed by atoms with Crippen molar-refractivity contribution in [3.63, 3.8) is 0 Å². The molecule has 0 fully saturated rings. The molecule has 0 spiro atoms. The lowest BCUT2D eigenvalue weighted by atomic mass is 10.1. The number of carbonyl (C=O) groups is 1. The van der Waals surface area contributed by atoms with Gasteiger partial charge in [0.25, 0.3) is 0 Å². The Morgan fingerprint density at radius 2 is 1.85 bits per heavy atom. The predicted molar refractivity (Wildman–Crippen MR) is 101 cm³/mol. The second-order valence-corrected chi connectivity index (χ2v) is 6.18. The standard InChI is InChI=1S/C20H17ClO6/c1-24-15-4-5-16-13(9-20(23)27-18(16)10-15)11-26-19(22)8-12-7-14(21)3-6-17(12)25-2/h3-7,9-10H,8,11H2,1-2H3. The van der Waals surface area contributed by atoms with Gasteiger partial charge in [0, 0.05) is 33.7 Å². The van der Waals surface area contributed by atoms with Crippen molar-refractivity contribution in [2.45, 2.75) is 13.0 Å². The first-order chi connectivity index (χ1) is 13.0. The van der Waals surface area contributed by atoms with E-state index in [-0.39, 0.29) is 13.0 Å². The van der Waals surface area contributed by atoms with Gasteiger partial charge in [0.15, 0.2) is 0 Å². The van der Waals surface area contributed by atoms with E-state index in [1.165, 1.54) is 20.3 Å². The summed E-state index contributed by atoms with van der Waals surface area (Å²) in [6.45, 7) is -0.0594. The molecule has 0 radical (unpaired) electrons. The Morgan fingerprint density at radius 3 is 2.59 bits per heavy atom. The Hall–Kier alpha value is -2.99. The summed E-state index contributed by atoms with van der Waals surface area (Å²) in [5, 5.41) is 1.17. The Balaban J connectivity index is 1.78. The first-order valence-electron chi connectivity index (χ1n) is 8.09. The van der Waals surface area contributed by atoms with Crippen LogP contribution in [-0.2, 0) is 22.6 Å². The smallest absolute Gasteiger partial charge is 0.336 e. The molecule has 2 aromatic carbocycles. The van der Waals surface area contributed by atoms with Gasteiger partial charge < -0.3 is 18.6 Å². The quantitative estimate of drug-likeness (QED) is 0.473. The minimum absolute atomic E-state index is 0.00305. The van der Waals surface area contributed by atoms with Gasteiger partial charge in [-0.1, -0.05) is 11.6 Å². The van der Waals surface area contributed by atoms with E-state index in [9.17, 15) is 9.59 Å². The average molecular weight is 389 g/mol. The Bertz CT molecular complexity index is 1040. The van der Waals surface area contributed by atoms with Gasteiger partial charge in [0.1, 0.15) is 23.7 Å². The van der Waals surface area contributed by atoms with Crippen molar-refractivity contribution in [2.75, 3.05) is 14.2 Å². The summed E-state index contributed by atoms with van der Waals surface area (Å²) in [5.74, 6) is 0.646. The Labute approximate surface area is 160 Å². The molecule has 27 heavy (non-hydrogen) atoms. The van der Waals surface area contributed by atoms with Gasteiger partial charge in [-0.05, 0) is 30.3 Å². The van der Waals surface area contributed by atoms with Crippen molar-refractivity contribution in [1.82, 2.24) is 0 Å². The van der Waals surface area contributed by atoms with Crippen LogP contribution < -0.4 is 15.1 Å². The van der Waals surface area contributed by atoms with E-state index in [0.717, 1.165) is 0 Å². The van der Waals surface area contributed by atoms with Crippen LogP contribution in [0.4, 0.5) is 0 Å². The van der Waals surface area contributed by atoms with Crippen LogP contribution in [0.1, 0.15) is 11.1 Å². The molecule has 3 aromatic rings. The summed E-state index contributed by atoms with van der Waals surface area (Å²) < 4.78 is 20.9. The van der Waals surface area contributed by atoms with Crippen molar-refractivity contribution in [1.29, 1.82) is 0 Å². The minimum Gasteiger partial charge on any atom is -0.497 e. The molecule has 0 aliphatic heterocycles. The number of hydrogen-bond donors (Lipinski definition) is 0. The Kier molecular flexibility index (Phi) is 5.66. The fourth-order valence-electron chi connectivity index (χ4n) is 2.71. The topological polar surface area (TPSA) is 75.0 Å². The number of fused-ring (bicyclic) bond motifs is 1. The average Bonchev–Trinajstić information content (AvgIpc) is 2.65. The molecule has 0 amide bonds. The van der Waals surface area contributed by atoms with E-state index in [2.05, 4.69) is 0 Å². The highest BCUT2D eigenvalue weighted by atomic mass is 35.5. The van der Waals surface area contributed by atoms with Crippen molar-refractivity contribution in [3.05, 3.63) is 69.0 Å². The molecule has 1 heterocycles. The van der Waals surface area contributed by atoms with Crippen LogP contribution in [0.3, 0.4) is 0 Å². The van der Waals surface area contributed by atoms with E-state index in [1.54, 1.807) is 36.4 Å². The molecule has 0 aliphatic carbocycles. The molecule has 0 N–H and O–H groups in total. The maximum atomic E-state index is 12.2. The molecular formula is C20H17ClO6. The van der Waals surface area contributed by atoms with E-state index < -0.39 is 11.6 Å². The van der Waals surface area contributed by atoms with Gasteiger partial charge >= 0.3 is 11.6 Å². The van der Waals surface area contributed by atoms with Gasteiger partial charge in [0.05, 0.1) is 20.6 Å². The molecule has 1 aromatic heterocycles. The molecule has 6 nitrogen and oxygen atoms in total. The summed E-state index contributed by atoms with van der Waals surface area (Å²) in [6.07, 6.45) is -0.00305. The molecule has 0 saturated heterocycles. The summed E-state index contributed by atoms with van der Waals surface area (Å²) >= 11 is 5.97. The third-order valence-corrected chi connectivity index (χ3v) is 4.24. The fourth-order valence-corrected chi connectivity index (χ4v) is 2.90. The first-order valence-corrected chi connectivity index (χ1v) is 8.47. The molecule has 0 atom stereocenters. The Morgan fingerprint density at radius 1 is 1.04 bits per heavy atom. The molecule has 140 valence electrons. The first kappa shape index (κ1) is 18.8. The highest BCUT2D eigenvalue weighted by Gasteiger charge is 2.13. The zero-order valence-corrected chi connectivity index (χ0v) is 15.5. The van der Waals surface area contributed by atoms with Crippen molar-refractivity contribution < 1.29 is 23.4 Å². The molecule has 0 unspecified atom stereocenters. The van der Waals surface area contributed by atoms with E-state index in [0.29, 0.717) is 38.6 Å². The number of rotatable bonds is 6. The number of ether oxygens (including phenoxy) is 3. The molecule has 0 aliphatic rings. The fraction of sp³-hybridized carbons (Fsp3) is 0.200. The van der Waals surface area contributed by atoms with E-state index >= 15 is 0 Å². The third-order valence-electron chi connectivity index (χ3n) is 4.00. The highest BCUT2D eigenvalue weighted by molar-refractivity contribution is 6.30. The van der Waals surface area contributed by atoms with Crippen molar-refractivity contribution >= 4 is 28.5 Å². The van der Waals surface area contributed by atoms with Crippen molar-refractivity contribution in [3.8, 4) is 11.5 Å². The zero-order chi connectivity index (χ0) is 19.4. The predicted octanol–water partition coefficient (Wildman–Crippen LogP) is 3.75. The van der Waals surface area contributed by atoms with Crippen LogP contribution in [0, 0.1) is 0 Å². The van der Waals surface area contributed by atoms with Crippen LogP contribution in [-0.4, -0.2) is 20.2 Å². The number of halogens is 1. The van der Waals surface area contributed by atoms with Crippen LogP contribution >= 0.6 is 11.6 Å². The normalized spacial score (nSPS) is 10.6. The maximum Gasteiger partial charge on any atom is 0.336 e. The molecule has 7 heteroatoms. The number of benzene rings is 2. The largest absolute Gasteiger partial charge is 0.497 e. The van der Waals surface area contributed by atoms with Gasteiger partial charge in [-0.25, -0.2) is 4.79 Å². The SMILES string of the molecule is COc1ccc2c(COC(=O)Cc3cc(Cl)ccc3OC)cc(=O)oc2c1. The lowest BCUT2D eigenvalue weighted by molar-refractivity contribution is -0.144. The maximum absolute atomic E-state index is 12.2. The zero-order valence-electron chi connectivity index (χ0n) is 14.8. The van der Waals surface area contributed by atoms with Gasteiger partial charge in [-0.2, -0.15) is 0 Å². The number of hydrogen-bond acceptors (Lipinski definition) is 6.